The van der Waals surface area contributed by atoms with E-state index in [1.807, 2.05) is 19.2 Å². The van der Waals surface area contributed by atoms with Gasteiger partial charge in [-0.1, -0.05) is 11.6 Å². The summed E-state index contributed by atoms with van der Waals surface area (Å²) in [5.74, 6) is 0.776. The lowest BCUT2D eigenvalue weighted by Gasteiger charge is -2.37. The van der Waals surface area contributed by atoms with Crippen molar-refractivity contribution in [2.75, 3.05) is 57.9 Å². The van der Waals surface area contributed by atoms with Crippen LogP contribution in [0.15, 0.2) is 40.9 Å². The minimum absolute atomic E-state index is 0. The zero-order valence-corrected chi connectivity index (χ0v) is 17.6. The molecule has 0 spiro atoms. The average Bonchev–Trinajstić information content (AvgIpc) is 2.67. The summed E-state index contributed by atoms with van der Waals surface area (Å²) >= 11 is 0. The fraction of sp³-hybridized carbons (Fsp3) is 0.526. The largest absolute Gasteiger partial charge is 0.377 e. The van der Waals surface area contributed by atoms with Gasteiger partial charge in [-0.05, 0) is 37.1 Å². The molecule has 2 heterocycles. The van der Waals surface area contributed by atoms with Crippen molar-refractivity contribution in [1.29, 1.82) is 0 Å². The summed E-state index contributed by atoms with van der Waals surface area (Å²) in [5.41, 5.74) is 2.55. The zero-order chi connectivity index (χ0) is 17.5. The number of nitrogens with zero attached hydrogens (tertiary/aromatic N) is 3. The molecule has 0 saturated carbocycles. The number of benzene rings is 1. The van der Waals surface area contributed by atoms with Crippen molar-refractivity contribution in [1.82, 2.24) is 10.2 Å². The van der Waals surface area contributed by atoms with Gasteiger partial charge in [0, 0.05) is 45.5 Å². The normalized spacial score (nSPS) is 18.2. The van der Waals surface area contributed by atoms with E-state index in [0.717, 1.165) is 70.4 Å². The molecule has 0 unspecified atom stereocenters. The number of aliphatic imine (C=N–C) groups is 1. The highest BCUT2D eigenvalue weighted by Crippen LogP contribution is 2.17. The van der Waals surface area contributed by atoms with Crippen LogP contribution < -0.4 is 10.2 Å². The molecule has 144 valence electrons. The number of anilines is 1. The fourth-order valence-electron chi connectivity index (χ4n) is 3.29. The monoisotopic (exact) mass is 474 g/mol. The van der Waals surface area contributed by atoms with Crippen molar-refractivity contribution < 1.29 is 9.13 Å². The third-order valence-electron chi connectivity index (χ3n) is 4.77. The van der Waals surface area contributed by atoms with Gasteiger partial charge in [0.05, 0.1) is 13.2 Å². The van der Waals surface area contributed by atoms with E-state index in [4.69, 9.17) is 4.74 Å². The molecule has 0 aromatic heterocycles. The molecule has 0 amide bonds. The molecule has 0 aliphatic carbocycles. The van der Waals surface area contributed by atoms with Crippen molar-refractivity contribution in [3.8, 4) is 0 Å². The molecule has 1 aromatic carbocycles. The average molecular weight is 474 g/mol. The Balaban J connectivity index is 0.00000243. The van der Waals surface area contributed by atoms with E-state index >= 15 is 0 Å². The van der Waals surface area contributed by atoms with Crippen LogP contribution in [0, 0.1) is 5.82 Å². The molecule has 1 saturated heterocycles. The minimum atomic E-state index is -0.188. The Kier molecular flexibility index (Phi) is 8.64. The Labute approximate surface area is 172 Å². The first-order valence-electron chi connectivity index (χ1n) is 8.98. The van der Waals surface area contributed by atoms with Gasteiger partial charge in [0.2, 0.25) is 0 Å². The number of ether oxygens (including phenoxy) is 1. The van der Waals surface area contributed by atoms with Crippen LogP contribution in [-0.2, 0) is 4.74 Å². The molecule has 7 heteroatoms. The predicted molar refractivity (Wildman–Crippen MR) is 115 cm³/mol. The molecule has 1 aromatic rings. The van der Waals surface area contributed by atoms with E-state index in [1.54, 1.807) is 0 Å². The highest BCUT2D eigenvalue weighted by molar-refractivity contribution is 14.0. The fourth-order valence-corrected chi connectivity index (χ4v) is 3.29. The van der Waals surface area contributed by atoms with Crippen LogP contribution in [0.1, 0.15) is 12.8 Å². The van der Waals surface area contributed by atoms with E-state index in [2.05, 4.69) is 26.2 Å². The van der Waals surface area contributed by atoms with E-state index in [1.165, 1.54) is 17.7 Å². The molecule has 1 fully saturated rings. The van der Waals surface area contributed by atoms with Crippen molar-refractivity contribution in [2.45, 2.75) is 12.8 Å². The lowest BCUT2D eigenvalue weighted by molar-refractivity contribution is 0.153. The van der Waals surface area contributed by atoms with Gasteiger partial charge in [-0.25, -0.2) is 4.39 Å². The standard InChI is InChI=1S/C19H27FN4O.HI/c1-21-19(22-9-6-16-7-14-25-15-8-16)24-12-10-23(11-13-24)18-4-2-17(20)3-5-18;/h2-5,7H,6,8-15H2,1H3,(H,21,22);1H. The molecule has 2 aliphatic heterocycles. The summed E-state index contributed by atoms with van der Waals surface area (Å²) in [6.45, 7) is 6.13. The Bertz CT molecular complexity index is 612. The maximum Gasteiger partial charge on any atom is 0.193 e. The molecule has 0 radical (unpaired) electrons. The number of halogens is 2. The van der Waals surface area contributed by atoms with Crippen molar-refractivity contribution in [3.63, 3.8) is 0 Å². The van der Waals surface area contributed by atoms with Gasteiger partial charge in [-0.2, -0.15) is 0 Å². The van der Waals surface area contributed by atoms with Crippen LogP contribution in [-0.4, -0.2) is 63.8 Å². The van der Waals surface area contributed by atoms with Gasteiger partial charge in [0.15, 0.2) is 5.96 Å². The number of piperazine rings is 1. The summed E-state index contributed by atoms with van der Waals surface area (Å²) in [5, 5.41) is 3.47. The first kappa shape index (κ1) is 21.0. The molecule has 3 rings (SSSR count). The van der Waals surface area contributed by atoms with Gasteiger partial charge >= 0.3 is 0 Å². The molecule has 1 N–H and O–H groups in total. The molecule has 26 heavy (non-hydrogen) atoms. The summed E-state index contributed by atoms with van der Waals surface area (Å²) in [6.07, 6.45) is 4.27. The number of guanidine groups is 1. The minimum Gasteiger partial charge on any atom is -0.377 e. The summed E-state index contributed by atoms with van der Waals surface area (Å²) in [7, 11) is 1.84. The topological polar surface area (TPSA) is 40.1 Å². The molecular formula is C19H28FIN4O. The Morgan fingerprint density at radius 1 is 1.19 bits per heavy atom. The van der Waals surface area contributed by atoms with E-state index in [9.17, 15) is 4.39 Å². The van der Waals surface area contributed by atoms with E-state index < -0.39 is 0 Å². The van der Waals surface area contributed by atoms with Gasteiger partial charge < -0.3 is 19.9 Å². The first-order chi connectivity index (χ1) is 12.3. The van der Waals surface area contributed by atoms with Gasteiger partial charge in [0.1, 0.15) is 5.82 Å². The maximum absolute atomic E-state index is 13.1. The second kappa shape index (κ2) is 10.7. The molecule has 5 nitrogen and oxygen atoms in total. The number of hydrogen-bond acceptors (Lipinski definition) is 3. The van der Waals surface area contributed by atoms with Gasteiger partial charge in [-0.3, -0.25) is 4.99 Å². The highest BCUT2D eigenvalue weighted by atomic mass is 127. The lowest BCUT2D eigenvalue weighted by Crippen LogP contribution is -2.52. The van der Waals surface area contributed by atoms with Crippen molar-refractivity contribution in [3.05, 3.63) is 41.7 Å². The van der Waals surface area contributed by atoms with Gasteiger partial charge in [0.25, 0.3) is 0 Å². The number of nitrogens with one attached hydrogen (secondary N) is 1. The summed E-state index contributed by atoms with van der Waals surface area (Å²) < 4.78 is 18.4. The molecule has 0 atom stereocenters. The summed E-state index contributed by atoms with van der Waals surface area (Å²) in [6, 6.07) is 6.74. The lowest BCUT2D eigenvalue weighted by atomic mass is 10.1. The quantitative estimate of drug-likeness (QED) is 0.316. The smallest absolute Gasteiger partial charge is 0.193 e. The number of hydrogen-bond donors (Lipinski definition) is 1. The first-order valence-corrected chi connectivity index (χ1v) is 8.98. The van der Waals surface area contributed by atoms with Crippen molar-refractivity contribution >= 4 is 35.6 Å². The van der Waals surface area contributed by atoms with Crippen LogP contribution in [0.4, 0.5) is 10.1 Å². The predicted octanol–water partition coefficient (Wildman–Crippen LogP) is 2.88. The third-order valence-corrected chi connectivity index (χ3v) is 4.77. The zero-order valence-electron chi connectivity index (χ0n) is 15.3. The van der Waals surface area contributed by atoms with Crippen LogP contribution in [0.5, 0.6) is 0 Å². The SMILES string of the molecule is CN=C(NCCC1=CCOCC1)N1CCN(c2ccc(F)cc2)CC1.I. The van der Waals surface area contributed by atoms with Gasteiger partial charge in [-0.15, -0.1) is 24.0 Å². The molecule has 0 bridgehead atoms. The second-order valence-corrected chi connectivity index (χ2v) is 6.36. The summed E-state index contributed by atoms with van der Waals surface area (Å²) in [4.78, 5) is 9.00. The van der Waals surface area contributed by atoms with Crippen LogP contribution in [0.3, 0.4) is 0 Å². The Morgan fingerprint density at radius 3 is 2.54 bits per heavy atom. The van der Waals surface area contributed by atoms with Crippen LogP contribution in [0.25, 0.3) is 0 Å². The Morgan fingerprint density at radius 2 is 1.92 bits per heavy atom. The third kappa shape index (κ3) is 5.84. The second-order valence-electron chi connectivity index (χ2n) is 6.36. The van der Waals surface area contributed by atoms with E-state index in [-0.39, 0.29) is 29.8 Å². The van der Waals surface area contributed by atoms with Crippen LogP contribution in [0.2, 0.25) is 0 Å². The van der Waals surface area contributed by atoms with Crippen LogP contribution >= 0.6 is 24.0 Å². The number of rotatable bonds is 4. The maximum atomic E-state index is 13.1. The highest BCUT2D eigenvalue weighted by Gasteiger charge is 2.19. The van der Waals surface area contributed by atoms with E-state index in [0.29, 0.717) is 0 Å². The Hall–Kier alpha value is -1.35. The van der Waals surface area contributed by atoms with Crippen molar-refractivity contribution in [2.24, 2.45) is 4.99 Å². The molecule has 2 aliphatic rings. The molecular weight excluding hydrogens is 446 g/mol.